The number of nitrogens with one attached hydrogen (secondary N) is 2. The maximum Gasteiger partial charge on any atom is 0.226 e. The maximum atomic E-state index is 5.22. The number of hydrogen-bond donors (Lipinski definition) is 2. The molecule has 0 saturated heterocycles. The Kier molecular flexibility index (Phi) is 9.15. The Morgan fingerprint density at radius 2 is 2.22 bits per heavy atom. The van der Waals surface area contributed by atoms with Gasteiger partial charge in [0.05, 0.1) is 0 Å². The van der Waals surface area contributed by atoms with Crippen molar-refractivity contribution in [3.63, 3.8) is 0 Å². The Morgan fingerprint density at radius 1 is 1.39 bits per heavy atom. The van der Waals surface area contributed by atoms with Crippen LogP contribution >= 0.6 is 35.3 Å². The minimum Gasteiger partial charge on any atom is -0.356 e. The van der Waals surface area contributed by atoms with Crippen LogP contribution in [0.3, 0.4) is 0 Å². The van der Waals surface area contributed by atoms with Crippen LogP contribution in [0.2, 0.25) is 0 Å². The molecule has 0 atom stereocenters. The minimum atomic E-state index is 0. The van der Waals surface area contributed by atoms with Crippen LogP contribution in [-0.2, 0) is 13.0 Å². The van der Waals surface area contributed by atoms with Crippen molar-refractivity contribution >= 4 is 41.3 Å². The van der Waals surface area contributed by atoms with Gasteiger partial charge in [0.15, 0.2) is 11.8 Å². The molecular weight excluding hydrogens is 425 g/mol. The molecule has 128 valence electrons. The molecule has 0 amide bonds. The lowest BCUT2D eigenvalue weighted by molar-refractivity contribution is 0.368. The molecule has 0 fully saturated rings. The summed E-state index contributed by atoms with van der Waals surface area (Å²) in [6.07, 6.45) is 1.69. The van der Waals surface area contributed by atoms with Gasteiger partial charge in [0, 0.05) is 32.5 Å². The molecule has 0 aliphatic carbocycles. The van der Waals surface area contributed by atoms with E-state index in [0.29, 0.717) is 11.8 Å². The van der Waals surface area contributed by atoms with E-state index in [9.17, 15) is 0 Å². The predicted molar refractivity (Wildman–Crippen MR) is 105 cm³/mol. The average Bonchev–Trinajstić information content (AvgIpc) is 3.18. The highest BCUT2D eigenvalue weighted by Crippen LogP contribution is 2.10. The second kappa shape index (κ2) is 10.6. The van der Waals surface area contributed by atoms with Gasteiger partial charge in [-0.05, 0) is 28.8 Å². The molecule has 6 nitrogen and oxygen atoms in total. The summed E-state index contributed by atoms with van der Waals surface area (Å²) >= 11 is 1.70. The summed E-state index contributed by atoms with van der Waals surface area (Å²) in [5, 5.41) is 14.7. The lowest BCUT2D eigenvalue weighted by atomic mass is 10.2. The van der Waals surface area contributed by atoms with E-state index < -0.39 is 0 Å². The van der Waals surface area contributed by atoms with E-state index in [1.54, 1.807) is 18.4 Å². The van der Waals surface area contributed by atoms with Crippen molar-refractivity contribution < 1.29 is 4.52 Å². The third kappa shape index (κ3) is 6.86. The summed E-state index contributed by atoms with van der Waals surface area (Å²) < 4.78 is 5.22. The Morgan fingerprint density at radius 3 is 2.83 bits per heavy atom. The first-order valence-corrected chi connectivity index (χ1v) is 8.41. The summed E-state index contributed by atoms with van der Waals surface area (Å²) in [6, 6.07) is 2.10. The van der Waals surface area contributed by atoms with Crippen molar-refractivity contribution in [2.45, 2.75) is 39.2 Å². The first-order chi connectivity index (χ1) is 10.7. The lowest BCUT2D eigenvalue weighted by Gasteiger charge is -2.10. The van der Waals surface area contributed by atoms with Crippen LogP contribution in [-0.4, -0.2) is 29.7 Å². The number of halogens is 1. The molecule has 2 aromatic heterocycles. The molecule has 0 saturated carbocycles. The van der Waals surface area contributed by atoms with Gasteiger partial charge in [-0.1, -0.05) is 19.0 Å². The van der Waals surface area contributed by atoms with Crippen molar-refractivity contribution in [1.82, 2.24) is 20.8 Å². The van der Waals surface area contributed by atoms with Gasteiger partial charge in [0.25, 0.3) is 0 Å². The number of guanidine groups is 1. The molecule has 2 N–H and O–H groups in total. The zero-order valence-corrected chi connectivity index (χ0v) is 16.9. The number of aliphatic imine (C=N–C) groups is 1. The highest BCUT2D eigenvalue weighted by molar-refractivity contribution is 14.0. The fourth-order valence-corrected chi connectivity index (χ4v) is 2.52. The third-order valence-corrected chi connectivity index (χ3v) is 3.86. The lowest BCUT2D eigenvalue weighted by Crippen LogP contribution is -2.37. The Balaban J connectivity index is 0.00000264. The van der Waals surface area contributed by atoms with Gasteiger partial charge < -0.3 is 15.2 Å². The molecule has 8 heteroatoms. The van der Waals surface area contributed by atoms with Gasteiger partial charge >= 0.3 is 0 Å². The quantitative estimate of drug-likeness (QED) is 0.294. The summed E-state index contributed by atoms with van der Waals surface area (Å²) in [6.45, 7) is 5.70. The van der Waals surface area contributed by atoms with E-state index in [-0.39, 0.29) is 24.0 Å². The van der Waals surface area contributed by atoms with Gasteiger partial charge in [0.1, 0.15) is 0 Å². The predicted octanol–water partition coefficient (Wildman–Crippen LogP) is 3.17. The van der Waals surface area contributed by atoms with Crippen LogP contribution in [0.4, 0.5) is 0 Å². The van der Waals surface area contributed by atoms with Gasteiger partial charge in [-0.3, -0.25) is 4.99 Å². The van der Waals surface area contributed by atoms with E-state index in [0.717, 1.165) is 37.7 Å². The second-order valence-corrected chi connectivity index (χ2v) is 6.07. The monoisotopic (exact) mass is 449 g/mol. The summed E-state index contributed by atoms with van der Waals surface area (Å²) in [7, 11) is 1.77. The Bertz CT molecular complexity index is 582. The number of hydrogen-bond acceptors (Lipinski definition) is 5. The van der Waals surface area contributed by atoms with Crippen molar-refractivity contribution in [2.24, 2.45) is 4.99 Å². The zero-order valence-electron chi connectivity index (χ0n) is 13.7. The number of rotatable bonds is 7. The summed E-state index contributed by atoms with van der Waals surface area (Å²) in [4.78, 5) is 8.57. The van der Waals surface area contributed by atoms with Crippen molar-refractivity contribution in [2.75, 3.05) is 13.6 Å². The van der Waals surface area contributed by atoms with Crippen LogP contribution in [0.1, 0.15) is 43.5 Å². The number of aromatic nitrogens is 2. The normalized spacial score (nSPS) is 11.4. The fourth-order valence-electron chi connectivity index (χ4n) is 1.85. The molecule has 23 heavy (non-hydrogen) atoms. The average molecular weight is 449 g/mol. The summed E-state index contributed by atoms with van der Waals surface area (Å²) in [5.74, 6) is 2.58. The molecule has 0 aliphatic rings. The number of thiophene rings is 1. The molecule has 2 heterocycles. The van der Waals surface area contributed by atoms with Crippen LogP contribution in [0.15, 0.2) is 26.3 Å². The van der Waals surface area contributed by atoms with E-state index in [4.69, 9.17) is 4.52 Å². The standard InChI is InChI=1S/C15H23N5OS.HI/c1-11(2)14-19-13(21-20-14)5-4-7-17-15(16-3)18-9-12-6-8-22-10-12;/h6,8,10-11H,4-5,7,9H2,1-3H3,(H2,16,17,18);1H. The van der Waals surface area contributed by atoms with E-state index in [2.05, 4.69) is 56.4 Å². The molecule has 0 aliphatic heterocycles. The molecule has 0 bridgehead atoms. The van der Waals surface area contributed by atoms with Crippen LogP contribution in [0, 0.1) is 0 Å². The van der Waals surface area contributed by atoms with E-state index in [1.807, 2.05) is 0 Å². The Hall–Kier alpha value is -1.16. The molecule has 0 unspecified atom stereocenters. The van der Waals surface area contributed by atoms with Crippen molar-refractivity contribution in [3.8, 4) is 0 Å². The van der Waals surface area contributed by atoms with Crippen molar-refractivity contribution in [1.29, 1.82) is 0 Å². The molecular formula is C15H24IN5OS. The van der Waals surface area contributed by atoms with Gasteiger partial charge in [0.2, 0.25) is 5.89 Å². The van der Waals surface area contributed by atoms with Gasteiger partial charge in [-0.15, -0.1) is 24.0 Å². The SMILES string of the molecule is CN=C(NCCCc1nc(C(C)C)no1)NCc1ccsc1.I. The molecule has 0 spiro atoms. The van der Waals surface area contributed by atoms with Crippen LogP contribution in [0.25, 0.3) is 0 Å². The molecule has 2 rings (SSSR count). The fraction of sp³-hybridized carbons (Fsp3) is 0.533. The first-order valence-electron chi connectivity index (χ1n) is 7.47. The molecule has 2 aromatic rings. The van der Waals surface area contributed by atoms with Crippen LogP contribution < -0.4 is 10.6 Å². The number of nitrogens with zero attached hydrogens (tertiary/aromatic N) is 3. The largest absolute Gasteiger partial charge is 0.356 e. The highest BCUT2D eigenvalue weighted by atomic mass is 127. The van der Waals surface area contributed by atoms with E-state index >= 15 is 0 Å². The smallest absolute Gasteiger partial charge is 0.226 e. The van der Waals surface area contributed by atoms with Gasteiger partial charge in [-0.25, -0.2) is 0 Å². The minimum absolute atomic E-state index is 0. The van der Waals surface area contributed by atoms with Gasteiger partial charge in [-0.2, -0.15) is 16.3 Å². The third-order valence-electron chi connectivity index (χ3n) is 3.12. The van der Waals surface area contributed by atoms with E-state index in [1.165, 1.54) is 5.56 Å². The number of aryl methyl sites for hydroxylation is 1. The first kappa shape index (κ1) is 19.9. The Labute approximate surface area is 158 Å². The maximum absolute atomic E-state index is 5.22. The van der Waals surface area contributed by atoms with Crippen LogP contribution in [0.5, 0.6) is 0 Å². The molecule has 0 aromatic carbocycles. The second-order valence-electron chi connectivity index (χ2n) is 5.29. The summed E-state index contributed by atoms with van der Waals surface area (Å²) in [5.41, 5.74) is 1.26. The topological polar surface area (TPSA) is 75.3 Å². The zero-order chi connectivity index (χ0) is 15.8. The molecule has 0 radical (unpaired) electrons. The highest BCUT2D eigenvalue weighted by Gasteiger charge is 2.09. The van der Waals surface area contributed by atoms with Crippen molar-refractivity contribution in [3.05, 3.63) is 34.1 Å².